The van der Waals surface area contributed by atoms with E-state index < -0.39 is 23.8 Å². The molecule has 0 heterocycles. The number of nitrogens with one attached hydrogen (secondary N) is 1. The highest BCUT2D eigenvalue weighted by molar-refractivity contribution is 6.30. The normalized spacial score (nSPS) is 12.4. The summed E-state index contributed by atoms with van der Waals surface area (Å²) in [7, 11) is 0. The van der Waals surface area contributed by atoms with Crippen molar-refractivity contribution in [1.82, 2.24) is 5.32 Å². The van der Waals surface area contributed by atoms with Crippen molar-refractivity contribution in [1.29, 1.82) is 0 Å². The lowest BCUT2D eigenvalue weighted by Crippen LogP contribution is -2.42. The molecule has 0 aromatic heterocycles. The molecular weight excluding hydrogens is 298 g/mol. The molecule has 6 nitrogen and oxygen atoms in total. The molecule has 0 aliphatic carbocycles. The van der Waals surface area contributed by atoms with Gasteiger partial charge in [0.1, 0.15) is 11.4 Å². The number of carbonyl (C=O) groups is 2. The Bertz CT molecular complexity index is 495. The number of hydrogen-bond donors (Lipinski definition) is 2. The molecule has 0 aliphatic rings. The van der Waals surface area contributed by atoms with E-state index in [4.69, 9.17) is 26.2 Å². The molecule has 0 saturated carbocycles. The van der Waals surface area contributed by atoms with Crippen LogP contribution in [0.5, 0.6) is 5.75 Å². The molecule has 0 aliphatic heterocycles. The maximum atomic E-state index is 11.5. The first-order valence-electron chi connectivity index (χ1n) is 6.29. The largest absolute Gasteiger partial charge is 0.478 e. The standard InChI is InChI=1S/C14H18ClNO5/c1-14(2,3)21-13(19)16-8-11(12(17)18)20-10-6-4-9(15)5-7-10/h4-7,11H,8H2,1-3H3,(H,16,19)(H,17,18). The van der Waals surface area contributed by atoms with E-state index >= 15 is 0 Å². The lowest BCUT2D eigenvalue weighted by Gasteiger charge is -2.21. The number of hydrogen-bond acceptors (Lipinski definition) is 4. The highest BCUT2D eigenvalue weighted by Gasteiger charge is 2.22. The minimum Gasteiger partial charge on any atom is -0.478 e. The Morgan fingerprint density at radius 1 is 1.29 bits per heavy atom. The van der Waals surface area contributed by atoms with Crippen molar-refractivity contribution in [2.24, 2.45) is 0 Å². The van der Waals surface area contributed by atoms with Crippen LogP contribution in [0.15, 0.2) is 24.3 Å². The second-order valence-electron chi connectivity index (χ2n) is 5.28. The molecule has 1 unspecified atom stereocenters. The number of carboxylic acids is 1. The fourth-order valence-corrected chi connectivity index (χ4v) is 1.47. The minimum atomic E-state index is -1.22. The van der Waals surface area contributed by atoms with Gasteiger partial charge in [-0.1, -0.05) is 11.6 Å². The van der Waals surface area contributed by atoms with Crippen molar-refractivity contribution in [3.63, 3.8) is 0 Å². The van der Waals surface area contributed by atoms with Crippen LogP contribution in [0.2, 0.25) is 5.02 Å². The van der Waals surface area contributed by atoms with Gasteiger partial charge in [-0.2, -0.15) is 0 Å². The molecule has 1 amide bonds. The van der Waals surface area contributed by atoms with Gasteiger partial charge in [-0.25, -0.2) is 9.59 Å². The summed E-state index contributed by atoms with van der Waals surface area (Å²) in [6, 6.07) is 6.26. The zero-order valence-corrected chi connectivity index (χ0v) is 12.8. The van der Waals surface area contributed by atoms with E-state index in [2.05, 4.69) is 5.32 Å². The number of carboxylic acid groups (broad SMARTS) is 1. The SMILES string of the molecule is CC(C)(C)OC(=O)NCC(Oc1ccc(Cl)cc1)C(=O)O. The van der Waals surface area contributed by atoms with Gasteiger partial charge in [-0.15, -0.1) is 0 Å². The van der Waals surface area contributed by atoms with E-state index in [0.717, 1.165) is 0 Å². The monoisotopic (exact) mass is 315 g/mol. The van der Waals surface area contributed by atoms with Crippen LogP contribution in [-0.2, 0) is 9.53 Å². The lowest BCUT2D eigenvalue weighted by molar-refractivity contribution is -0.144. The molecule has 0 bridgehead atoms. The maximum absolute atomic E-state index is 11.5. The third-order valence-electron chi connectivity index (χ3n) is 2.20. The Labute approximate surface area is 128 Å². The summed E-state index contributed by atoms with van der Waals surface area (Å²) in [5.41, 5.74) is -0.653. The van der Waals surface area contributed by atoms with Crippen LogP contribution in [-0.4, -0.2) is 35.4 Å². The van der Waals surface area contributed by atoms with E-state index in [1.54, 1.807) is 45.0 Å². The van der Waals surface area contributed by atoms with Crippen molar-refractivity contribution in [3.05, 3.63) is 29.3 Å². The molecule has 1 aromatic rings. The molecule has 1 atom stereocenters. The molecule has 0 saturated heterocycles. The number of alkyl carbamates (subject to hydrolysis) is 1. The second-order valence-corrected chi connectivity index (χ2v) is 5.72. The molecule has 7 heteroatoms. The summed E-state index contributed by atoms with van der Waals surface area (Å²) >= 11 is 5.73. The highest BCUT2D eigenvalue weighted by atomic mass is 35.5. The van der Waals surface area contributed by atoms with Crippen molar-refractivity contribution in [2.45, 2.75) is 32.5 Å². The van der Waals surface area contributed by atoms with Gasteiger partial charge >= 0.3 is 12.1 Å². The number of halogens is 1. The van der Waals surface area contributed by atoms with Gasteiger partial charge in [-0.3, -0.25) is 0 Å². The Balaban J connectivity index is 2.56. The van der Waals surface area contributed by atoms with Crippen molar-refractivity contribution in [3.8, 4) is 5.75 Å². The Hall–Kier alpha value is -1.95. The Morgan fingerprint density at radius 2 is 1.86 bits per heavy atom. The van der Waals surface area contributed by atoms with Gasteiger partial charge in [0.15, 0.2) is 0 Å². The highest BCUT2D eigenvalue weighted by Crippen LogP contribution is 2.17. The molecule has 1 rings (SSSR count). The summed E-state index contributed by atoms with van der Waals surface area (Å²) < 4.78 is 10.3. The molecule has 1 aromatic carbocycles. The van der Waals surface area contributed by atoms with Gasteiger partial charge in [0, 0.05) is 5.02 Å². The summed E-state index contributed by atoms with van der Waals surface area (Å²) in [6.45, 7) is 4.93. The number of aliphatic carboxylic acids is 1. The van der Waals surface area contributed by atoms with E-state index in [-0.39, 0.29) is 6.54 Å². The lowest BCUT2D eigenvalue weighted by atomic mass is 10.2. The number of rotatable bonds is 5. The van der Waals surface area contributed by atoms with E-state index in [1.807, 2.05) is 0 Å². The summed E-state index contributed by atoms with van der Waals surface area (Å²) in [6.07, 6.45) is -1.92. The molecule has 21 heavy (non-hydrogen) atoms. The van der Waals surface area contributed by atoms with Crippen LogP contribution in [0.4, 0.5) is 4.79 Å². The topological polar surface area (TPSA) is 84.9 Å². The molecule has 0 fully saturated rings. The summed E-state index contributed by atoms with van der Waals surface area (Å²) in [5.74, 6) is -0.848. The summed E-state index contributed by atoms with van der Waals surface area (Å²) in [5, 5.41) is 12.0. The second kappa shape index (κ2) is 7.17. The smallest absolute Gasteiger partial charge is 0.407 e. The van der Waals surface area contributed by atoms with E-state index in [0.29, 0.717) is 10.8 Å². The predicted molar refractivity (Wildman–Crippen MR) is 77.7 cm³/mol. The fraction of sp³-hybridized carbons (Fsp3) is 0.429. The van der Waals surface area contributed by atoms with Crippen LogP contribution in [0.3, 0.4) is 0 Å². The number of amides is 1. The summed E-state index contributed by atoms with van der Waals surface area (Å²) in [4.78, 5) is 22.6. The van der Waals surface area contributed by atoms with Gasteiger partial charge in [0.2, 0.25) is 6.10 Å². The first-order valence-corrected chi connectivity index (χ1v) is 6.67. The van der Waals surface area contributed by atoms with Gasteiger partial charge in [0.25, 0.3) is 0 Å². The van der Waals surface area contributed by atoms with Crippen LogP contribution in [0, 0.1) is 0 Å². The first-order chi connectivity index (χ1) is 9.67. The first kappa shape index (κ1) is 17.1. The maximum Gasteiger partial charge on any atom is 0.407 e. The van der Waals surface area contributed by atoms with Crippen molar-refractivity contribution in [2.75, 3.05) is 6.54 Å². The molecule has 0 spiro atoms. The Morgan fingerprint density at radius 3 is 2.33 bits per heavy atom. The molecular formula is C14H18ClNO5. The number of benzene rings is 1. The van der Waals surface area contributed by atoms with E-state index in [1.165, 1.54) is 0 Å². The fourth-order valence-electron chi connectivity index (χ4n) is 1.35. The number of ether oxygens (including phenoxy) is 2. The quantitative estimate of drug-likeness (QED) is 0.872. The predicted octanol–water partition coefficient (Wildman–Crippen LogP) is 2.70. The van der Waals surface area contributed by atoms with E-state index in [9.17, 15) is 9.59 Å². The average molecular weight is 316 g/mol. The van der Waals surface area contributed by atoms with Crippen LogP contribution < -0.4 is 10.1 Å². The van der Waals surface area contributed by atoms with Crippen LogP contribution >= 0.6 is 11.6 Å². The van der Waals surface area contributed by atoms with Crippen LogP contribution in [0.1, 0.15) is 20.8 Å². The molecule has 0 radical (unpaired) electrons. The third kappa shape index (κ3) is 6.85. The van der Waals surface area contributed by atoms with Crippen molar-refractivity contribution < 1.29 is 24.2 Å². The van der Waals surface area contributed by atoms with Crippen molar-refractivity contribution >= 4 is 23.7 Å². The minimum absolute atomic E-state index is 0.215. The van der Waals surface area contributed by atoms with Gasteiger partial charge in [-0.05, 0) is 45.0 Å². The van der Waals surface area contributed by atoms with Crippen LogP contribution in [0.25, 0.3) is 0 Å². The zero-order valence-electron chi connectivity index (χ0n) is 12.1. The zero-order chi connectivity index (χ0) is 16.0. The number of carbonyl (C=O) groups excluding carboxylic acids is 1. The third-order valence-corrected chi connectivity index (χ3v) is 2.45. The van der Waals surface area contributed by atoms with Gasteiger partial charge in [0.05, 0.1) is 6.54 Å². The Kier molecular flexibility index (Phi) is 5.84. The molecule has 2 N–H and O–H groups in total. The average Bonchev–Trinajstić information content (AvgIpc) is 2.34. The molecule has 116 valence electrons. The van der Waals surface area contributed by atoms with Gasteiger partial charge < -0.3 is 19.9 Å².